The third-order valence-electron chi connectivity index (χ3n) is 4.58. The number of anilines is 1. The Labute approximate surface area is 144 Å². The van der Waals surface area contributed by atoms with Crippen LogP contribution in [0.5, 0.6) is 0 Å². The highest BCUT2D eigenvalue weighted by Gasteiger charge is 2.26. The Kier molecular flexibility index (Phi) is 3.80. The van der Waals surface area contributed by atoms with Crippen molar-refractivity contribution in [3.8, 4) is 0 Å². The first kappa shape index (κ1) is 15.6. The van der Waals surface area contributed by atoms with Gasteiger partial charge in [-0.05, 0) is 60.8 Å². The lowest BCUT2D eigenvalue weighted by Crippen LogP contribution is -2.34. The highest BCUT2D eigenvalue weighted by atomic mass is 32.2. The minimum atomic E-state index is -3.92. The van der Waals surface area contributed by atoms with Crippen molar-refractivity contribution < 1.29 is 13.2 Å². The zero-order valence-corrected chi connectivity index (χ0v) is 14.6. The number of amides is 2. The van der Waals surface area contributed by atoms with E-state index in [1.54, 1.807) is 5.38 Å². The van der Waals surface area contributed by atoms with Crippen LogP contribution in [0.15, 0.2) is 22.0 Å². The SMILES string of the molecule is O=C(Nc1c2c(cc3c1CCC3)CCC2)NS(=O)(=O)c1nccs1. The van der Waals surface area contributed by atoms with Gasteiger partial charge in [-0.25, -0.2) is 14.5 Å². The van der Waals surface area contributed by atoms with Crippen molar-refractivity contribution in [2.45, 2.75) is 42.9 Å². The van der Waals surface area contributed by atoms with Crippen LogP contribution >= 0.6 is 11.3 Å². The van der Waals surface area contributed by atoms with Gasteiger partial charge in [-0.15, -0.1) is 11.3 Å². The van der Waals surface area contributed by atoms with Gasteiger partial charge in [-0.3, -0.25) is 0 Å². The molecule has 2 aliphatic rings. The number of nitrogens with zero attached hydrogens (tertiary/aromatic N) is 1. The molecule has 8 heteroatoms. The van der Waals surface area contributed by atoms with Crippen molar-refractivity contribution in [3.05, 3.63) is 39.9 Å². The highest BCUT2D eigenvalue weighted by Crippen LogP contribution is 2.38. The van der Waals surface area contributed by atoms with E-state index in [1.165, 1.54) is 17.3 Å². The van der Waals surface area contributed by atoms with Crippen molar-refractivity contribution in [2.24, 2.45) is 0 Å². The van der Waals surface area contributed by atoms with E-state index in [9.17, 15) is 13.2 Å². The number of urea groups is 1. The fourth-order valence-electron chi connectivity index (χ4n) is 3.61. The van der Waals surface area contributed by atoms with Crippen LogP contribution < -0.4 is 10.0 Å². The second-order valence-electron chi connectivity index (χ2n) is 6.09. The van der Waals surface area contributed by atoms with E-state index >= 15 is 0 Å². The summed E-state index contributed by atoms with van der Waals surface area (Å²) < 4.78 is 26.2. The van der Waals surface area contributed by atoms with Crippen molar-refractivity contribution in [3.63, 3.8) is 0 Å². The number of rotatable bonds is 3. The zero-order chi connectivity index (χ0) is 16.7. The monoisotopic (exact) mass is 363 g/mol. The van der Waals surface area contributed by atoms with Crippen LogP contribution in [0.2, 0.25) is 0 Å². The van der Waals surface area contributed by atoms with E-state index in [4.69, 9.17) is 0 Å². The lowest BCUT2D eigenvalue weighted by molar-refractivity contribution is 0.256. The molecule has 0 aliphatic heterocycles. The quantitative estimate of drug-likeness (QED) is 0.877. The molecule has 0 saturated heterocycles. The summed E-state index contributed by atoms with van der Waals surface area (Å²) >= 11 is 0.977. The Morgan fingerprint density at radius 1 is 1.08 bits per heavy atom. The number of thiazole rings is 1. The van der Waals surface area contributed by atoms with E-state index in [0.717, 1.165) is 66.7 Å². The number of carbonyl (C=O) groups excluding carboxylic acids is 1. The van der Waals surface area contributed by atoms with E-state index in [-0.39, 0.29) is 4.34 Å². The van der Waals surface area contributed by atoms with Gasteiger partial charge in [-0.1, -0.05) is 6.07 Å². The second kappa shape index (κ2) is 5.86. The van der Waals surface area contributed by atoms with Gasteiger partial charge in [0.2, 0.25) is 4.34 Å². The molecule has 0 atom stereocenters. The van der Waals surface area contributed by atoms with E-state index < -0.39 is 16.1 Å². The van der Waals surface area contributed by atoms with Crippen molar-refractivity contribution >= 4 is 33.1 Å². The lowest BCUT2D eigenvalue weighted by Gasteiger charge is -2.16. The lowest BCUT2D eigenvalue weighted by atomic mass is 9.99. The average molecular weight is 363 g/mol. The first-order valence-electron chi connectivity index (χ1n) is 7.94. The zero-order valence-electron chi connectivity index (χ0n) is 13.0. The molecule has 2 amide bonds. The molecule has 0 spiro atoms. The maximum absolute atomic E-state index is 12.3. The Bertz CT molecular complexity index is 873. The molecule has 0 bridgehead atoms. The summed E-state index contributed by atoms with van der Waals surface area (Å²) in [5, 5.41) is 4.37. The molecular weight excluding hydrogens is 346 g/mol. The maximum atomic E-state index is 12.3. The Balaban J connectivity index is 1.61. The molecule has 1 aromatic heterocycles. The molecule has 2 aromatic rings. The predicted octanol–water partition coefficient (Wildman–Crippen LogP) is 2.63. The van der Waals surface area contributed by atoms with Gasteiger partial charge in [0.1, 0.15) is 0 Å². The topological polar surface area (TPSA) is 88.2 Å². The molecule has 0 saturated carbocycles. The van der Waals surface area contributed by atoms with Crippen LogP contribution in [-0.4, -0.2) is 19.4 Å². The number of carbonyl (C=O) groups is 1. The van der Waals surface area contributed by atoms with Crippen LogP contribution in [0.25, 0.3) is 0 Å². The number of hydrogen-bond acceptors (Lipinski definition) is 5. The number of aryl methyl sites for hydroxylation is 2. The summed E-state index contributed by atoms with van der Waals surface area (Å²) in [6, 6.07) is 1.54. The summed E-state index contributed by atoms with van der Waals surface area (Å²) in [6.45, 7) is 0. The fourth-order valence-corrected chi connectivity index (χ4v) is 5.36. The van der Waals surface area contributed by atoms with Gasteiger partial charge in [0.25, 0.3) is 10.0 Å². The number of benzene rings is 1. The Morgan fingerprint density at radius 2 is 1.75 bits per heavy atom. The second-order valence-corrected chi connectivity index (χ2v) is 8.84. The van der Waals surface area contributed by atoms with E-state index in [1.807, 2.05) is 0 Å². The summed E-state index contributed by atoms with van der Waals surface area (Å²) in [4.78, 5) is 16.1. The number of hydrogen-bond donors (Lipinski definition) is 2. The largest absolute Gasteiger partial charge is 0.333 e. The molecule has 2 N–H and O–H groups in total. The standard InChI is InChI=1S/C16H17N3O3S2/c20-15(19-24(21,22)16-17-7-8-23-16)18-14-12-5-1-3-10(12)9-11-4-2-6-13(11)14/h7-9H,1-6H2,(H2,18,19,20). The van der Waals surface area contributed by atoms with Gasteiger partial charge >= 0.3 is 6.03 Å². The summed E-state index contributed by atoms with van der Waals surface area (Å²) in [5.41, 5.74) is 5.72. The number of fused-ring (bicyclic) bond motifs is 2. The van der Waals surface area contributed by atoms with Gasteiger partial charge in [-0.2, -0.15) is 8.42 Å². The predicted molar refractivity (Wildman–Crippen MR) is 91.9 cm³/mol. The third kappa shape index (κ3) is 2.69. The van der Waals surface area contributed by atoms with E-state index in [0.29, 0.717) is 0 Å². The molecule has 0 unspecified atom stereocenters. The molecule has 0 fully saturated rings. The number of sulfonamides is 1. The first-order chi connectivity index (χ1) is 11.5. The molecule has 24 heavy (non-hydrogen) atoms. The van der Waals surface area contributed by atoms with Gasteiger partial charge in [0.05, 0.1) is 0 Å². The summed E-state index contributed by atoms with van der Waals surface area (Å²) in [6.07, 6.45) is 7.45. The summed E-state index contributed by atoms with van der Waals surface area (Å²) in [7, 11) is -3.92. The molecule has 126 valence electrons. The summed E-state index contributed by atoms with van der Waals surface area (Å²) in [5.74, 6) is 0. The molecule has 6 nitrogen and oxygen atoms in total. The van der Waals surface area contributed by atoms with Crippen LogP contribution in [0.3, 0.4) is 0 Å². The number of nitrogens with one attached hydrogen (secondary N) is 2. The van der Waals surface area contributed by atoms with Gasteiger partial charge in [0, 0.05) is 17.3 Å². The Hall–Kier alpha value is -1.93. The van der Waals surface area contributed by atoms with Crippen molar-refractivity contribution in [1.29, 1.82) is 0 Å². The van der Waals surface area contributed by atoms with Gasteiger partial charge in [0.15, 0.2) is 0 Å². The van der Waals surface area contributed by atoms with Crippen molar-refractivity contribution in [1.82, 2.24) is 9.71 Å². The first-order valence-corrected chi connectivity index (χ1v) is 10.3. The minimum Gasteiger partial charge on any atom is -0.307 e. The highest BCUT2D eigenvalue weighted by molar-refractivity contribution is 7.92. The van der Waals surface area contributed by atoms with E-state index in [2.05, 4.69) is 21.1 Å². The normalized spacial score (nSPS) is 15.8. The van der Waals surface area contributed by atoms with Crippen LogP contribution in [0.4, 0.5) is 10.5 Å². The smallest absolute Gasteiger partial charge is 0.307 e. The van der Waals surface area contributed by atoms with Gasteiger partial charge < -0.3 is 5.32 Å². The molecule has 2 aliphatic carbocycles. The molecule has 1 heterocycles. The molecule has 1 aromatic carbocycles. The maximum Gasteiger partial charge on any atom is 0.333 e. The molecule has 0 radical (unpaired) electrons. The van der Waals surface area contributed by atoms with Crippen LogP contribution in [0, 0.1) is 0 Å². The molecular formula is C16H17N3O3S2. The Morgan fingerprint density at radius 3 is 2.33 bits per heavy atom. The third-order valence-corrected chi connectivity index (χ3v) is 7.11. The van der Waals surface area contributed by atoms with Crippen molar-refractivity contribution in [2.75, 3.05) is 5.32 Å². The molecule has 4 rings (SSSR count). The van der Waals surface area contributed by atoms with Crippen LogP contribution in [-0.2, 0) is 35.7 Å². The number of aromatic nitrogens is 1. The average Bonchev–Trinajstić information content (AvgIpc) is 3.27. The fraction of sp³-hybridized carbons (Fsp3) is 0.375. The van der Waals surface area contributed by atoms with Crippen LogP contribution in [0.1, 0.15) is 35.1 Å². The minimum absolute atomic E-state index is 0.110.